The van der Waals surface area contributed by atoms with E-state index in [1.165, 1.54) is 17.7 Å². The van der Waals surface area contributed by atoms with E-state index >= 15 is 0 Å². The van der Waals surface area contributed by atoms with Crippen molar-refractivity contribution in [1.82, 2.24) is 5.32 Å². The van der Waals surface area contributed by atoms with Gasteiger partial charge in [-0.2, -0.15) is 35.3 Å². The van der Waals surface area contributed by atoms with Crippen LogP contribution in [-0.4, -0.2) is 88.2 Å². The van der Waals surface area contributed by atoms with Gasteiger partial charge >= 0.3 is 0 Å². The molecule has 0 aliphatic carbocycles. The van der Waals surface area contributed by atoms with Gasteiger partial charge in [-0.25, -0.2) is 0 Å². The SMILES string of the molecule is C.CNC(CSSC[C@H](N)C(C)=O)C(C)=O.CSC.CSC.CSC.[B]. The van der Waals surface area contributed by atoms with Crippen LogP contribution in [0.5, 0.6) is 0 Å². The molecule has 159 valence electrons. The molecule has 3 radical (unpaired) electrons. The molecular formula is C16H40BN2O2S5. The monoisotopic (exact) mass is 463 g/mol. The molecule has 0 saturated carbocycles. The molecule has 2 atom stereocenters. The van der Waals surface area contributed by atoms with Crippen LogP contribution in [0, 0.1) is 0 Å². The van der Waals surface area contributed by atoms with Crippen molar-refractivity contribution in [2.75, 3.05) is 56.1 Å². The molecule has 26 heavy (non-hydrogen) atoms. The quantitative estimate of drug-likeness (QED) is 0.319. The van der Waals surface area contributed by atoms with Gasteiger partial charge in [0.15, 0.2) is 0 Å². The molecule has 4 nitrogen and oxygen atoms in total. The molecule has 0 aromatic carbocycles. The molecule has 1 unspecified atom stereocenters. The molecule has 0 fully saturated rings. The van der Waals surface area contributed by atoms with Crippen LogP contribution in [0.4, 0.5) is 0 Å². The number of hydrogen-bond acceptors (Lipinski definition) is 9. The van der Waals surface area contributed by atoms with Crippen molar-refractivity contribution in [3.05, 3.63) is 0 Å². The van der Waals surface area contributed by atoms with Crippen LogP contribution in [0.15, 0.2) is 0 Å². The maximum absolute atomic E-state index is 11.0. The number of carbonyl (C=O) groups excluding carboxylic acids is 2. The van der Waals surface area contributed by atoms with E-state index in [0.717, 1.165) is 0 Å². The highest BCUT2D eigenvalue weighted by molar-refractivity contribution is 8.76. The fourth-order valence-corrected chi connectivity index (χ4v) is 3.30. The number of nitrogens with one attached hydrogen (secondary N) is 1. The Morgan fingerprint density at radius 3 is 1.38 bits per heavy atom. The first kappa shape index (κ1) is 41.4. The second kappa shape index (κ2) is 36.9. The van der Waals surface area contributed by atoms with Crippen molar-refractivity contribution in [3.8, 4) is 0 Å². The third-order valence-electron chi connectivity index (χ3n) is 1.93. The number of Topliss-reactive ketones (excluding diaryl/α,β-unsaturated/α-hetero) is 2. The molecule has 0 aliphatic rings. The Labute approximate surface area is 186 Å². The maximum atomic E-state index is 11.0. The van der Waals surface area contributed by atoms with E-state index < -0.39 is 6.04 Å². The van der Waals surface area contributed by atoms with Crippen LogP contribution in [0.1, 0.15) is 21.3 Å². The van der Waals surface area contributed by atoms with Gasteiger partial charge in [-0.15, -0.1) is 0 Å². The van der Waals surface area contributed by atoms with Crippen molar-refractivity contribution in [2.24, 2.45) is 5.73 Å². The molecular weight excluding hydrogens is 423 g/mol. The minimum absolute atomic E-state index is 0. The topological polar surface area (TPSA) is 72.2 Å². The molecule has 0 aromatic rings. The highest BCUT2D eigenvalue weighted by Crippen LogP contribution is 2.22. The van der Waals surface area contributed by atoms with Crippen LogP contribution in [0.3, 0.4) is 0 Å². The summed E-state index contributed by atoms with van der Waals surface area (Å²) in [5.41, 5.74) is 5.56. The van der Waals surface area contributed by atoms with Crippen molar-refractivity contribution < 1.29 is 9.59 Å². The maximum Gasteiger partial charge on any atom is 0.147 e. The summed E-state index contributed by atoms with van der Waals surface area (Å²) in [7, 11) is 4.85. The summed E-state index contributed by atoms with van der Waals surface area (Å²) in [4.78, 5) is 21.9. The van der Waals surface area contributed by atoms with E-state index in [1.807, 2.05) is 37.5 Å². The highest BCUT2D eigenvalue weighted by Gasteiger charge is 2.12. The average Bonchev–Trinajstić information content (AvgIpc) is 2.49. The van der Waals surface area contributed by atoms with Gasteiger partial charge in [0.05, 0.1) is 12.1 Å². The minimum atomic E-state index is -0.395. The lowest BCUT2D eigenvalue weighted by Crippen LogP contribution is -2.34. The fourth-order valence-electron chi connectivity index (χ4n) is 0.759. The highest BCUT2D eigenvalue weighted by atomic mass is 33.1. The summed E-state index contributed by atoms with van der Waals surface area (Å²) < 4.78 is 0. The first-order valence-corrected chi connectivity index (χ1v) is 14.5. The molecule has 0 heterocycles. The summed E-state index contributed by atoms with van der Waals surface area (Å²) in [5.74, 6) is 1.41. The summed E-state index contributed by atoms with van der Waals surface area (Å²) >= 11 is 5.25. The number of ketones is 2. The van der Waals surface area contributed by atoms with Gasteiger partial charge in [0.2, 0.25) is 0 Å². The van der Waals surface area contributed by atoms with E-state index in [-0.39, 0.29) is 33.4 Å². The zero-order valence-corrected chi connectivity index (χ0v) is 21.2. The van der Waals surface area contributed by atoms with Crippen LogP contribution < -0.4 is 11.1 Å². The van der Waals surface area contributed by atoms with Crippen molar-refractivity contribution in [1.29, 1.82) is 0 Å². The number of thioether (sulfide) groups is 3. The van der Waals surface area contributed by atoms with E-state index in [9.17, 15) is 9.59 Å². The predicted octanol–water partition coefficient (Wildman–Crippen LogP) is 3.65. The third-order valence-corrected chi connectivity index (χ3v) is 4.37. The Bertz CT molecular complexity index is 274. The van der Waals surface area contributed by atoms with E-state index in [0.29, 0.717) is 11.5 Å². The fraction of sp³-hybridized carbons (Fsp3) is 0.875. The Morgan fingerprint density at radius 2 is 1.15 bits per heavy atom. The second-order valence-corrected chi connectivity index (χ2v) is 9.46. The van der Waals surface area contributed by atoms with Gasteiger partial charge in [-0.3, -0.25) is 9.59 Å². The Balaban J connectivity index is -0.0000000767. The number of rotatable bonds is 8. The lowest BCUT2D eigenvalue weighted by Gasteiger charge is -2.12. The molecule has 0 aliphatic heterocycles. The Kier molecular flexibility index (Phi) is 58.8. The van der Waals surface area contributed by atoms with Gasteiger partial charge < -0.3 is 11.1 Å². The summed E-state index contributed by atoms with van der Waals surface area (Å²) in [5, 5.41) is 2.93. The molecule has 0 aromatic heterocycles. The predicted molar refractivity (Wildman–Crippen MR) is 138 cm³/mol. The largest absolute Gasteiger partial charge is 0.321 e. The molecule has 0 spiro atoms. The third kappa shape index (κ3) is 44.5. The van der Waals surface area contributed by atoms with Crippen LogP contribution >= 0.6 is 56.9 Å². The van der Waals surface area contributed by atoms with Crippen LogP contribution in [0.25, 0.3) is 0 Å². The number of nitrogens with two attached hydrogens (primary N) is 1. The lowest BCUT2D eigenvalue weighted by atomic mass is 10.2. The number of hydrogen-bond donors (Lipinski definition) is 2. The zero-order chi connectivity index (χ0) is 20.0. The number of likely N-dealkylation sites (N-methyl/N-ethyl adjacent to an activating group) is 1. The normalized spacial score (nSPS) is 10.5. The summed E-state index contributed by atoms with van der Waals surface area (Å²) in [6.07, 6.45) is 12.2. The minimum Gasteiger partial charge on any atom is -0.321 e. The van der Waals surface area contributed by atoms with E-state index in [1.54, 1.807) is 60.1 Å². The molecule has 0 rings (SSSR count). The van der Waals surface area contributed by atoms with Crippen LogP contribution in [-0.2, 0) is 9.59 Å². The Hall–Kier alpha value is 1.07. The van der Waals surface area contributed by atoms with Crippen molar-refractivity contribution >= 4 is 76.9 Å². The first-order chi connectivity index (χ1) is 11.2. The smallest absolute Gasteiger partial charge is 0.147 e. The van der Waals surface area contributed by atoms with Gasteiger partial charge in [-0.1, -0.05) is 29.0 Å². The van der Waals surface area contributed by atoms with Gasteiger partial charge in [-0.05, 0) is 58.4 Å². The summed E-state index contributed by atoms with van der Waals surface area (Å²) in [6.45, 7) is 3.05. The van der Waals surface area contributed by atoms with Crippen molar-refractivity contribution in [2.45, 2.75) is 33.4 Å². The van der Waals surface area contributed by atoms with Gasteiger partial charge in [0.1, 0.15) is 11.6 Å². The second-order valence-electron chi connectivity index (χ2n) is 4.46. The van der Waals surface area contributed by atoms with Gasteiger partial charge in [0, 0.05) is 19.9 Å². The lowest BCUT2D eigenvalue weighted by molar-refractivity contribution is -0.118. The molecule has 3 N–H and O–H groups in total. The number of carbonyl (C=O) groups is 2. The Morgan fingerprint density at radius 1 is 0.846 bits per heavy atom. The molecule has 0 amide bonds. The first-order valence-electron chi connectivity index (χ1n) is 7.12. The average molecular weight is 464 g/mol. The van der Waals surface area contributed by atoms with Gasteiger partial charge in [0.25, 0.3) is 0 Å². The standard InChI is InChI=1S/C9H18N2O2S2.3C2H6S.CH4.B/c1-6(12)8(10)4-14-15-5-9(11-3)7(2)13;3*1-3-2;;/h8-9,11H,4-5,10H2,1-3H3;3*1-2H3;1H4;/t8-,9?;;;;;/m0...../s1. The molecule has 10 heteroatoms. The molecule has 0 saturated heterocycles. The van der Waals surface area contributed by atoms with E-state index in [2.05, 4.69) is 5.32 Å². The van der Waals surface area contributed by atoms with E-state index in [4.69, 9.17) is 5.73 Å². The van der Waals surface area contributed by atoms with Crippen LogP contribution in [0.2, 0.25) is 0 Å². The molecule has 0 bridgehead atoms. The summed E-state index contributed by atoms with van der Waals surface area (Å²) in [6, 6.07) is -0.510. The zero-order valence-electron chi connectivity index (χ0n) is 17.1. The van der Waals surface area contributed by atoms with Crippen molar-refractivity contribution in [3.63, 3.8) is 0 Å².